The third-order valence-corrected chi connectivity index (χ3v) is 3.47. The summed E-state index contributed by atoms with van der Waals surface area (Å²) in [6, 6.07) is 14.4. The Bertz CT molecular complexity index is 701. The highest BCUT2D eigenvalue weighted by Crippen LogP contribution is 2.27. The summed E-state index contributed by atoms with van der Waals surface area (Å²) in [5, 5.41) is 10.2. The van der Waals surface area contributed by atoms with Crippen LogP contribution in [-0.4, -0.2) is 5.11 Å². The molecule has 4 heteroatoms. The Morgan fingerprint density at radius 2 is 1.89 bits per heavy atom. The molecule has 0 saturated carbocycles. The molecule has 0 atom stereocenters. The van der Waals surface area contributed by atoms with Crippen LogP contribution < -0.4 is 4.74 Å². The van der Waals surface area contributed by atoms with Gasteiger partial charge in [0, 0.05) is 9.86 Å². The number of phenols is 1. The number of furan rings is 1. The Kier molecular flexibility index (Phi) is 3.17. The van der Waals surface area contributed by atoms with Gasteiger partial charge in [-0.15, -0.1) is 0 Å². The van der Waals surface area contributed by atoms with E-state index < -0.39 is 0 Å². The lowest BCUT2D eigenvalue weighted by Crippen LogP contribution is -1.92. The van der Waals surface area contributed by atoms with Crippen molar-refractivity contribution in [3.63, 3.8) is 0 Å². The van der Waals surface area contributed by atoms with Gasteiger partial charge in [-0.25, -0.2) is 0 Å². The van der Waals surface area contributed by atoms with Crippen LogP contribution in [0.1, 0.15) is 5.76 Å². The molecule has 0 aliphatic rings. The maximum absolute atomic E-state index is 9.19. The molecule has 1 aromatic heterocycles. The number of halogens is 1. The molecule has 0 aliphatic heterocycles. The quantitative estimate of drug-likeness (QED) is 0.774. The summed E-state index contributed by atoms with van der Waals surface area (Å²) in [6.45, 7) is 0.353. The Morgan fingerprint density at radius 3 is 2.63 bits per heavy atom. The first-order valence-corrected chi connectivity index (χ1v) is 6.60. The molecule has 0 aliphatic carbocycles. The minimum atomic E-state index is 0.222. The molecule has 0 fully saturated rings. The Balaban J connectivity index is 1.78. The maximum atomic E-state index is 9.19. The highest BCUT2D eigenvalue weighted by molar-refractivity contribution is 9.10. The van der Waals surface area contributed by atoms with Gasteiger partial charge in [0.2, 0.25) is 0 Å². The van der Waals surface area contributed by atoms with Crippen molar-refractivity contribution in [1.82, 2.24) is 0 Å². The van der Waals surface area contributed by atoms with E-state index in [1.165, 1.54) is 0 Å². The molecule has 96 valence electrons. The predicted octanol–water partition coefficient (Wildman–Crippen LogP) is 4.48. The standard InChI is InChI=1S/C15H11BrO3/c16-14-2-1-3-15-13(14)8-12(19-15)9-18-11-6-4-10(17)5-7-11/h1-8,17H,9H2. The van der Waals surface area contributed by atoms with Crippen molar-refractivity contribution in [3.05, 3.63) is 58.8 Å². The van der Waals surface area contributed by atoms with Gasteiger partial charge >= 0.3 is 0 Å². The number of phenolic OH excluding ortho intramolecular Hbond substituents is 1. The molecule has 0 bridgehead atoms. The van der Waals surface area contributed by atoms with Gasteiger partial charge in [-0.05, 0) is 42.5 Å². The van der Waals surface area contributed by atoms with E-state index in [-0.39, 0.29) is 5.75 Å². The molecule has 0 saturated heterocycles. The first-order chi connectivity index (χ1) is 9.22. The lowest BCUT2D eigenvalue weighted by molar-refractivity contribution is 0.274. The van der Waals surface area contributed by atoms with Crippen molar-refractivity contribution < 1.29 is 14.3 Å². The van der Waals surface area contributed by atoms with Crippen LogP contribution >= 0.6 is 15.9 Å². The number of rotatable bonds is 3. The predicted molar refractivity (Wildman–Crippen MR) is 76.4 cm³/mol. The molecule has 0 radical (unpaired) electrons. The van der Waals surface area contributed by atoms with Gasteiger partial charge in [0.1, 0.15) is 29.4 Å². The smallest absolute Gasteiger partial charge is 0.146 e. The zero-order valence-electron chi connectivity index (χ0n) is 9.97. The van der Waals surface area contributed by atoms with Crippen LogP contribution in [0.25, 0.3) is 11.0 Å². The number of fused-ring (bicyclic) bond motifs is 1. The molecule has 3 nitrogen and oxygen atoms in total. The first kappa shape index (κ1) is 12.1. The zero-order chi connectivity index (χ0) is 13.2. The minimum absolute atomic E-state index is 0.222. The van der Waals surface area contributed by atoms with Crippen LogP contribution in [0.5, 0.6) is 11.5 Å². The number of ether oxygens (including phenoxy) is 1. The fraction of sp³-hybridized carbons (Fsp3) is 0.0667. The monoisotopic (exact) mass is 318 g/mol. The van der Waals surface area contributed by atoms with Gasteiger partial charge in [0.05, 0.1) is 0 Å². The number of aromatic hydroxyl groups is 1. The third-order valence-electron chi connectivity index (χ3n) is 2.78. The Labute approximate surface area is 118 Å². The summed E-state index contributed by atoms with van der Waals surface area (Å²) in [5.74, 6) is 1.67. The van der Waals surface area contributed by atoms with Gasteiger partial charge < -0.3 is 14.3 Å². The number of hydrogen-bond acceptors (Lipinski definition) is 3. The Morgan fingerprint density at radius 1 is 1.11 bits per heavy atom. The normalized spacial score (nSPS) is 10.8. The third kappa shape index (κ3) is 2.58. The number of benzene rings is 2. The molecule has 19 heavy (non-hydrogen) atoms. The van der Waals surface area contributed by atoms with E-state index in [4.69, 9.17) is 9.15 Å². The molecule has 2 aromatic carbocycles. The summed E-state index contributed by atoms with van der Waals surface area (Å²) in [6.07, 6.45) is 0. The fourth-order valence-electron chi connectivity index (χ4n) is 1.85. The second kappa shape index (κ2) is 4.97. The molecular weight excluding hydrogens is 308 g/mol. The largest absolute Gasteiger partial charge is 0.508 e. The second-order valence-electron chi connectivity index (χ2n) is 4.15. The van der Waals surface area contributed by atoms with Crippen LogP contribution in [0, 0.1) is 0 Å². The van der Waals surface area contributed by atoms with Crippen molar-refractivity contribution >= 4 is 26.9 Å². The topological polar surface area (TPSA) is 42.6 Å². The molecule has 0 amide bonds. The van der Waals surface area contributed by atoms with E-state index in [0.29, 0.717) is 12.4 Å². The fourth-order valence-corrected chi connectivity index (χ4v) is 2.31. The Hall–Kier alpha value is -1.94. The van der Waals surface area contributed by atoms with E-state index in [0.717, 1.165) is 21.2 Å². The van der Waals surface area contributed by atoms with Crippen LogP contribution in [0.15, 0.2) is 57.4 Å². The summed E-state index contributed by atoms with van der Waals surface area (Å²) in [5.41, 5.74) is 0.832. The highest BCUT2D eigenvalue weighted by atomic mass is 79.9. The van der Waals surface area contributed by atoms with Crippen molar-refractivity contribution in [2.75, 3.05) is 0 Å². The van der Waals surface area contributed by atoms with Crippen LogP contribution in [-0.2, 0) is 6.61 Å². The minimum Gasteiger partial charge on any atom is -0.508 e. The average molecular weight is 319 g/mol. The second-order valence-corrected chi connectivity index (χ2v) is 5.00. The van der Waals surface area contributed by atoms with Crippen LogP contribution in [0.2, 0.25) is 0 Å². The molecular formula is C15H11BrO3. The van der Waals surface area contributed by atoms with Gasteiger partial charge in [0.15, 0.2) is 0 Å². The first-order valence-electron chi connectivity index (χ1n) is 5.81. The zero-order valence-corrected chi connectivity index (χ0v) is 11.6. The summed E-state index contributed by atoms with van der Waals surface area (Å²) >= 11 is 3.49. The average Bonchev–Trinajstić information content (AvgIpc) is 2.83. The molecule has 3 aromatic rings. The molecule has 0 spiro atoms. The van der Waals surface area contributed by atoms with Crippen molar-refractivity contribution in [2.24, 2.45) is 0 Å². The van der Waals surface area contributed by atoms with E-state index in [1.807, 2.05) is 24.3 Å². The summed E-state index contributed by atoms with van der Waals surface area (Å²) in [7, 11) is 0. The highest BCUT2D eigenvalue weighted by Gasteiger charge is 2.06. The lowest BCUT2D eigenvalue weighted by atomic mass is 10.2. The van der Waals surface area contributed by atoms with E-state index in [2.05, 4.69) is 15.9 Å². The molecule has 3 rings (SSSR count). The van der Waals surface area contributed by atoms with E-state index in [9.17, 15) is 5.11 Å². The molecule has 0 unspecified atom stereocenters. The summed E-state index contributed by atoms with van der Waals surface area (Å²) < 4.78 is 12.3. The van der Waals surface area contributed by atoms with Crippen molar-refractivity contribution in [1.29, 1.82) is 0 Å². The lowest BCUT2D eigenvalue weighted by Gasteiger charge is -2.03. The maximum Gasteiger partial charge on any atom is 0.146 e. The van der Waals surface area contributed by atoms with Crippen molar-refractivity contribution in [3.8, 4) is 11.5 Å². The van der Waals surface area contributed by atoms with Gasteiger partial charge in [-0.3, -0.25) is 0 Å². The van der Waals surface area contributed by atoms with Crippen LogP contribution in [0.4, 0.5) is 0 Å². The number of hydrogen-bond donors (Lipinski definition) is 1. The van der Waals surface area contributed by atoms with Gasteiger partial charge in [-0.1, -0.05) is 22.0 Å². The summed E-state index contributed by atoms with van der Waals surface area (Å²) in [4.78, 5) is 0. The SMILES string of the molecule is Oc1ccc(OCc2cc3c(Br)cccc3o2)cc1. The van der Waals surface area contributed by atoms with Crippen molar-refractivity contribution in [2.45, 2.75) is 6.61 Å². The molecule has 1 heterocycles. The van der Waals surface area contributed by atoms with Gasteiger partial charge in [-0.2, -0.15) is 0 Å². The van der Waals surface area contributed by atoms with Gasteiger partial charge in [0.25, 0.3) is 0 Å². The van der Waals surface area contributed by atoms with E-state index in [1.54, 1.807) is 24.3 Å². The van der Waals surface area contributed by atoms with Crippen LogP contribution in [0.3, 0.4) is 0 Å². The van der Waals surface area contributed by atoms with E-state index >= 15 is 0 Å². The molecule has 1 N–H and O–H groups in total.